The molecular weight excluding hydrogens is 389 g/mol. The van der Waals surface area contributed by atoms with Crippen molar-refractivity contribution < 1.29 is 28.4 Å². The predicted octanol–water partition coefficient (Wildman–Crippen LogP) is 1.53. The largest absolute Gasteiger partial charge is 0.462 e. The van der Waals surface area contributed by atoms with E-state index in [1.807, 2.05) is 0 Å². The predicted molar refractivity (Wildman–Crippen MR) is 111 cm³/mol. The highest BCUT2D eigenvalue weighted by Gasteiger charge is 2.29. The molecule has 2 aromatic rings. The van der Waals surface area contributed by atoms with Gasteiger partial charge < -0.3 is 19.9 Å². The maximum atomic E-state index is 13.4. The van der Waals surface area contributed by atoms with Gasteiger partial charge in [0, 0.05) is 11.3 Å². The summed E-state index contributed by atoms with van der Waals surface area (Å²) in [6.07, 6.45) is 0. The lowest BCUT2D eigenvalue weighted by atomic mass is 9.98. The van der Waals surface area contributed by atoms with Crippen LogP contribution in [-0.2, 0) is 9.53 Å². The van der Waals surface area contributed by atoms with E-state index in [4.69, 9.17) is 4.74 Å². The fourth-order valence-corrected chi connectivity index (χ4v) is 3.31. The molecule has 0 saturated heterocycles. The Kier molecular flexibility index (Phi) is 8.29. The van der Waals surface area contributed by atoms with Crippen molar-refractivity contribution in [3.05, 3.63) is 47.0 Å². The van der Waals surface area contributed by atoms with Crippen LogP contribution in [0.1, 0.15) is 47.3 Å². The van der Waals surface area contributed by atoms with Crippen LogP contribution in [0.3, 0.4) is 0 Å². The number of hydrogen-bond acceptors (Lipinski definition) is 4. The monoisotopic (exact) mass is 418 g/mol. The molecule has 1 amide bonds. The SMILES string of the molecule is CCOC(=O)c1c(C)[nH]c(C(=O)C(=O)NCC[NH+](CC)CC)c1-c1ccc(F)cc1. The first kappa shape index (κ1) is 23.3. The van der Waals surface area contributed by atoms with Gasteiger partial charge in [-0.2, -0.15) is 0 Å². The molecule has 1 aromatic carbocycles. The van der Waals surface area contributed by atoms with E-state index in [1.54, 1.807) is 13.8 Å². The Labute approximate surface area is 175 Å². The Bertz CT molecular complexity index is 902. The van der Waals surface area contributed by atoms with Gasteiger partial charge in [-0.3, -0.25) is 9.59 Å². The van der Waals surface area contributed by atoms with E-state index in [-0.39, 0.29) is 23.4 Å². The molecule has 0 aliphatic heterocycles. The summed E-state index contributed by atoms with van der Waals surface area (Å²) in [5.74, 6) is -2.62. The Morgan fingerprint density at radius 3 is 2.30 bits per heavy atom. The number of rotatable bonds is 10. The summed E-state index contributed by atoms with van der Waals surface area (Å²) in [6, 6.07) is 5.37. The van der Waals surface area contributed by atoms with Gasteiger partial charge in [-0.25, -0.2) is 9.18 Å². The third-order valence-corrected chi connectivity index (χ3v) is 5.00. The minimum atomic E-state index is -0.789. The number of aryl methyl sites for hydroxylation is 1. The van der Waals surface area contributed by atoms with Crippen molar-refractivity contribution in [2.45, 2.75) is 27.7 Å². The number of esters is 1. The molecule has 0 spiro atoms. The first-order valence-corrected chi connectivity index (χ1v) is 10.2. The average molecular weight is 418 g/mol. The van der Waals surface area contributed by atoms with Crippen molar-refractivity contribution in [1.82, 2.24) is 10.3 Å². The van der Waals surface area contributed by atoms with Crippen LogP contribution in [0.4, 0.5) is 4.39 Å². The lowest BCUT2D eigenvalue weighted by Crippen LogP contribution is -3.12. The molecule has 2 rings (SSSR count). The summed E-state index contributed by atoms with van der Waals surface area (Å²) in [6.45, 7) is 10.5. The van der Waals surface area contributed by atoms with Crippen LogP contribution in [0, 0.1) is 12.7 Å². The topological polar surface area (TPSA) is 92.7 Å². The van der Waals surface area contributed by atoms with Crippen LogP contribution in [0.5, 0.6) is 0 Å². The average Bonchev–Trinajstić information content (AvgIpc) is 3.08. The molecule has 0 aliphatic carbocycles. The number of likely N-dealkylation sites (N-methyl/N-ethyl adjacent to an activating group) is 1. The molecule has 0 atom stereocenters. The van der Waals surface area contributed by atoms with Gasteiger partial charge in [-0.1, -0.05) is 12.1 Å². The molecule has 0 aliphatic rings. The maximum Gasteiger partial charge on any atom is 0.340 e. The lowest BCUT2D eigenvalue weighted by molar-refractivity contribution is -0.895. The normalized spacial score (nSPS) is 10.9. The zero-order valence-electron chi connectivity index (χ0n) is 17.9. The third-order valence-electron chi connectivity index (χ3n) is 5.00. The van der Waals surface area contributed by atoms with E-state index in [0.29, 0.717) is 24.3 Å². The van der Waals surface area contributed by atoms with Gasteiger partial charge in [0.15, 0.2) is 0 Å². The van der Waals surface area contributed by atoms with E-state index in [0.717, 1.165) is 13.1 Å². The molecule has 8 heteroatoms. The number of aromatic amines is 1. The van der Waals surface area contributed by atoms with Crippen LogP contribution >= 0.6 is 0 Å². The second-order valence-corrected chi connectivity index (χ2v) is 6.89. The van der Waals surface area contributed by atoms with Crippen molar-refractivity contribution in [2.75, 3.05) is 32.8 Å². The molecule has 0 unspecified atom stereocenters. The van der Waals surface area contributed by atoms with Gasteiger partial charge in [0.25, 0.3) is 11.7 Å². The van der Waals surface area contributed by atoms with Gasteiger partial charge in [-0.05, 0) is 45.4 Å². The number of ketones is 1. The number of carbonyl (C=O) groups excluding carboxylic acids is 3. The van der Waals surface area contributed by atoms with Gasteiger partial charge >= 0.3 is 5.97 Å². The van der Waals surface area contributed by atoms with Crippen LogP contribution in [0.25, 0.3) is 11.1 Å². The fourth-order valence-electron chi connectivity index (χ4n) is 3.31. The molecule has 0 radical (unpaired) electrons. The van der Waals surface area contributed by atoms with E-state index in [2.05, 4.69) is 24.1 Å². The highest BCUT2D eigenvalue weighted by Crippen LogP contribution is 2.31. The van der Waals surface area contributed by atoms with Crippen molar-refractivity contribution in [3.63, 3.8) is 0 Å². The summed E-state index contributed by atoms with van der Waals surface area (Å²) in [4.78, 5) is 42.1. The fraction of sp³-hybridized carbons (Fsp3) is 0.409. The van der Waals surface area contributed by atoms with E-state index in [1.165, 1.54) is 29.2 Å². The number of halogens is 1. The molecular formula is C22H29FN3O4+. The van der Waals surface area contributed by atoms with E-state index >= 15 is 0 Å². The Hall–Kier alpha value is -3.00. The summed E-state index contributed by atoms with van der Waals surface area (Å²) in [5, 5.41) is 2.65. The number of H-pyrrole nitrogens is 1. The number of Topliss-reactive ketones (excluding diaryl/α,β-unsaturated/α-hetero) is 1. The summed E-state index contributed by atoms with van der Waals surface area (Å²) in [7, 11) is 0. The number of nitrogens with one attached hydrogen (secondary N) is 3. The number of aromatic nitrogens is 1. The molecule has 0 bridgehead atoms. The number of hydrogen-bond donors (Lipinski definition) is 3. The molecule has 162 valence electrons. The molecule has 1 heterocycles. The van der Waals surface area contributed by atoms with Crippen LogP contribution in [0.2, 0.25) is 0 Å². The Morgan fingerprint density at radius 2 is 1.73 bits per heavy atom. The number of benzene rings is 1. The second-order valence-electron chi connectivity index (χ2n) is 6.89. The maximum absolute atomic E-state index is 13.4. The van der Waals surface area contributed by atoms with Crippen molar-refractivity contribution in [1.29, 1.82) is 0 Å². The molecule has 0 saturated carbocycles. The first-order valence-electron chi connectivity index (χ1n) is 10.2. The van der Waals surface area contributed by atoms with Crippen LogP contribution < -0.4 is 10.2 Å². The number of quaternary nitrogens is 1. The van der Waals surface area contributed by atoms with E-state index < -0.39 is 23.5 Å². The van der Waals surface area contributed by atoms with Crippen LogP contribution in [0.15, 0.2) is 24.3 Å². The Balaban J connectivity index is 2.37. The van der Waals surface area contributed by atoms with Gasteiger partial charge in [0.05, 0.1) is 38.3 Å². The summed E-state index contributed by atoms with van der Waals surface area (Å²) in [5.41, 5.74) is 1.21. The standard InChI is InChI=1S/C22H28FN3O4/c1-5-26(6-2)13-12-24-21(28)20(27)19-18(15-8-10-16(23)11-9-15)17(14(4)25-19)22(29)30-7-3/h8-11,25H,5-7,12-13H2,1-4H3,(H,24,28)/p+1. The van der Waals surface area contributed by atoms with Gasteiger partial charge in [0.2, 0.25) is 0 Å². The lowest BCUT2D eigenvalue weighted by Gasteiger charge is -2.15. The van der Waals surface area contributed by atoms with Gasteiger partial charge in [-0.15, -0.1) is 0 Å². The number of ether oxygens (including phenoxy) is 1. The number of amides is 1. The quantitative estimate of drug-likeness (QED) is 0.310. The van der Waals surface area contributed by atoms with Crippen molar-refractivity contribution >= 4 is 17.7 Å². The van der Waals surface area contributed by atoms with Crippen molar-refractivity contribution in [2.24, 2.45) is 0 Å². The zero-order valence-corrected chi connectivity index (χ0v) is 17.9. The minimum absolute atomic E-state index is 0.0187. The van der Waals surface area contributed by atoms with Crippen molar-refractivity contribution in [3.8, 4) is 11.1 Å². The molecule has 1 aromatic heterocycles. The summed E-state index contributed by atoms with van der Waals surface area (Å²) < 4.78 is 18.5. The zero-order chi connectivity index (χ0) is 22.3. The summed E-state index contributed by atoms with van der Waals surface area (Å²) >= 11 is 0. The van der Waals surface area contributed by atoms with Crippen LogP contribution in [-0.4, -0.2) is 55.4 Å². The van der Waals surface area contributed by atoms with E-state index in [9.17, 15) is 18.8 Å². The minimum Gasteiger partial charge on any atom is -0.462 e. The molecule has 30 heavy (non-hydrogen) atoms. The highest BCUT2D eigenvalue weighted by atomic mass is 19.1. The molecule has 0 fully saturated rings. The highest BCUT2D eigenvalue weighted by molar-refractivity contribution is 6.43. The smallest absolute Gasteiger partial charge is 0.340 e. The first-order chi connectivity index (χ1) is 14.3. The number of carbonyl (C=O) groups is 3. The molecule has 7 nitrogen and oxygen atoms in total. The Morgan fingerprint density at radius 1 is 1.10 bits per heavy atom. The molecule has 3 N–H and O–H groups in total. The third kappa shape index (κ3) is 5.33. The van der Waals surface area contributed by atoms with Gasteiger partial charge in [0.1, 0.15) is 11.5 Å². The second kappa shape index (κ2) is 10.7.